The Morgan fingerprint density at radius 1 is 0.952 bits per heavy atom. The first kappa shape index (κ1) is 15.0. The van der Waals surface area contributed by atoms with Crippen molar-refractivity contribution in [1.29, 1.82) is 0 Å². The second-order valence-electron chi connectivity index (χ2n) is 4.10. The van der Waals surface area contributed by atoms with Crippen LogP contribution in [0, 0.1) is 0 Å². The van der Waals surface area contributed by atoms with Gasteiger partial charge < -0.3 is 4.42 Å². The molecule has 0 aliphatic heterocycles. The van der Waals surface area contributed by atoms with Gasteiger partial charge >= 0.3 is 0 Å². The maximum Gasteiger partial charge on any atom is 0.198 e. The van der Waals surface area contributed by atoms with Crippen LogP contribution >= 0.6 is 55.1 Å². The van der Waals surface area contributed by atoms with E-state index in [4.69, 9.17) is 27.6 Å². The van der Waals surface area contributed by atoms with E-state index in [1.807, 2.05) is 30.3 Å². The number of aromatic nitrogens is 2. The number of furan rings is 1. The van der Waals surface area contributed by atoms with Crippen LogP contribution in [-0.2, 0) is 0 Å². The lowest BCUT2D eigenvalue weighted by molar-refractivity contribution is 0.549. The van der Waals surface area contributed by atoms with E-state index in [0.29, 0.717) is 21.8 Å². The lowest BCUT2D eigenvalue weighted by atomic mass is 10.1. The van der Waals surface area contributed by atoms with Gasteiger partial charge in [0.15, 0.2) is 16.3 Å². The first-order valence-electron chi connectivity index (χ1n) is 5.80. The molecule has 0 saturated carbocycles. The zero-order valence-corrected chi connectivity index (χ0v) is 15.0. The van der Waals surface area contributed by atoms with Crippen molar-refractivity contribution in [3.63, 3.8) is 0 Å². The monoisotopic (exact) mass is 446 g/mol. The standard InChI is InChI=1S/C14H6Br2Cl2N2O/c15-8-6-9(21-11(8)16)14-19-12(17)10(13(18)20-14)7-4-2-1-3-5-7/h1-6H. The smallest absolute Gasteiger partial charge is 0.198 e. The summed E-state index contributed by atoms with van der Waals surface area (Å²) in [5.41, 5.74) is 1.47. The van der Waals surface area contributed by atoms with Gasteiger partial charge in [-0.3, -0.25) is 0 Å². The maximum absolute atomic E-state index is 6.27. The molecular formula is C14H6Br2Cl2N2O. The van der Waals surface area contributed by atoms with Crippen LogP contribution in [0.25, 0.3) is 22.7 Å². The molecule has 0 aliphatic rings. The molecule has 0 aliphatic carbocycles. The fraction of sp³-hybridized carbons (Fsp3) is 0. The molecule has 0 atom stereocenters. The molecule has 7 heteroatoms. The van der Waals surface area contributed by atoms with Crippen LogP contribution in [0.5, 0.6) is 0 Å². The molecule has 106 valence electrons. The van der Waals surface area contributed by atoms with Crippen molar-refractivity contribution in [2.45, 2.75) is 0 Å². The molecule has 0 saturated heterocycles. The van der Waals surface area contributed by atoms with Crippen molar-refractivity contribution < 1.29 is 4.42 Å². The summed E-state index contributed by atoms with van der Waals surface area (Å²) in [6, 6.07) is 11.3. The van der Waals surface area contributed by atoms with Crippen molar-refractivity contribution in [3.05, 3.63) is 55.8 Å². The SMILES string of the molecule is Clc1nc(-c2cc(Br)c(Br)o2)nc(Cl)c1-c1ccccc1. The largest absolute Gasteiger partial charge is 0.445 e. The van der Waals surface area contributed by atoms with Crippen LogP contribution < -0.4 is 0 Å². The molecule has 0 fully saturated rings. The van der Waals surface area contributed by atoms with E-state index in [-0.39, 0.29) is 10.3 Å². The first-order valence-corrected chi connectivity index (χ1v) is 8.14. The van der Waals surface area contributed by atoms with Crippen molar-refractivity contribution in [2.75, 3.05) is 0 Å². The van der Waals surface area contributed by atoms with E-state index in [2.05, 4.69) is 41.8 Å². The number of hydrogen-bond acceptors (Lipinski definition) is 3. The van der Waals surface area contributed by atoms with Crippen molar-refractivity contribution in [1.82, 2.24) is 9.97 Å². The lowest BCUT2D eigenvalue weighted by Gasteiger charge is -2.07. The normalized spacial score (nSPS) is 10.9. The van der Waals surface area contributed by atoms with Gasteiger partial charge in [0, 0.05) is 6.07 Å². The topological polar surface area (TPSA) is 38.9 Å². The molecule has 2 heterocycles. The fourth-order valence-corrected chi connectivity index (χ4v) is 3.00. The number of rotatable bonds is 2. The predicted molar refractivity (Wildman–Crippen MR) is 90.6 cm³/mol. The highest BCUT2D eigenvalue weighted by Gasteiger charge is 2.17. The van der Waals surface area contributed by atoms with Gasteiger partial charge in [-0.05, 0) is 37.4 Å². The molecule has 0 amide bonds. The molecule has 0 radical (unpaired) electrons. The van der Waals surface area contributed by atoms with Gasteiger partial charge in [0.2, 0.25) is 0 Å². The van der Waals surface area contributed by atoms with Crippen LogP contribution in [0.2, 0.25) is 10.3 Å². The third-order valence-electron chi connectivity index (χ3n) is 2.75. The highest BCUT2D eigenvalue weighted by molar-refractivity contribution is 9.13. The Morgan fingerprint density at radius 2 is 1.57 bits per heavy atom. The van der Waals surface area contributed by atoms with Gasteiger partial charge in [-0.15, -0.1) is 0 Å². The average molecular weight is 449 g/mol. The van der Waals surface area contributed by atoms with Gasteiger partial charge in [-0.2, -0.15) is 0 Å². The maximum atomic E-state index is 6.27. The van der Waals surface area contributed by atoms with E-state index in [0.717, 1.165) is 10.0 Å². The van der Waals surface area contributed by atoms with Crippen LogP contribution in [0.15, 0.2) is 50.0 Å². The van der Waals surface area contributed by atoms with Crippen LogP contribution in [0.3, 0.4) is 0 Å². The molecule has 0 N–H and O–H groups in total. The molecule has 2 aromatic heterocycles. The summed E-state index contributed by atoms with van der Waals surface area (Å²) in [6.07, 6.45) is 0. The van der Waals surface area contributed by atoms with Crippen molar-refractivity contribution in [2.24, 2.45) is 0 Å². The van der Waals surface area contributed by atoms with E-state index in [1.54, 1.807) is 6.07 Å². The average Bonchev–Trinajstić information content (AvgIpc) is 2.79. The van der Waals surface area contributed by atoms with Crippen LogP contribution in [0.4, 0.5) is 0 Å². The molecular weight excluding hydrogens is 443 g/mol. The number of nitrogens with zero attached hydrogens (tertiary/aromatic N) is 2. The van der Waals surface area contributed by atoms with E-state index in [1.165, 1.54) is 0 Å². The molecule has 21 heavy (non-hydrogen) atoms. The summed E-state index contributed by atoms with van der Waals surface area (Å²) in [4.78, 5) is 8.54. The zero-order chi connectivity index (χ0) is 15.0. The Bertz CT molecular complexity index is 763. The summed E-state index contributed by atoms with van der Waals surface area (Å²) < 4.78 is 6.80. The first-order chi connectivity index (χ1) is 10.1. The fourth-order valence-electron chi connectivity index (χ4n) is 1.82. The summed E-state index contributed by atoms with van der Waals surface area (Å²) in [5.74, 6) is 0.799. The Morgan fingerprint density at radius 3 is 2.10 bits per heavy atom. The third kappa shape index (κ3) is 3.01. The van der Waals surface area contributed by atoms with Gasteiger partial charge in [-0.25, -0.2) is 9.97 Å². The van der Waals surface area contributed by atoms with Crippen molar-refractivity contribution in [3.8, 4) is 22.7 Å². The summed E-state index contributed by atoms with van der Waals surface area (Å²) in [6.45, 7) is 0. The molecule has 0 unspecified atom stereocenters. The Labute approximate surface area is 147 Å². The van der Waals surface area contributed by atoms with Crippen LogP contribution in [-0.4, -0.2) is 9.97 Å². The molecule has 0 spiro atoms. The predicted octanol–water partition coefficient (Wildman–Crippen LogP) is 6.24. The Balaban J connectivity index is 2.12. The molecule has 1 aromatic carbocycles. The number of halogens is 4. The Hall–Kier alpha value is -0.880. The minimum Gasteiger partial charge on any atom is -0.445 e. The van der Waals surface area contributed by atoms with Gasteiger partial charge in [0.05, 0.1) is 10.0 Å². The van der Waals surface area contributed by atoms with E-state index < -0.39 is 0 Å². The summed E-state index contributed by atoms with van der Waals surface area (Å²) in [5, 5.41) is 0.555. The number of benzene rings is 1. The lowest BCUT2D eigenvalue weighted by Crippen LogP contribution is -1.93. The molecule has 3 nitrogen and oxygen atoms in total. The van der Waals surface area contributed by atoms with Gasteiger partial charge in [0.1, 0.15) is 10.3 Å². The quantitative estimate of drug-likeness (QED) is 0.436. The summed E-state index contributed by atoms with van der Waals surface area (Å²) >= 11 is 19.1. The summed E-state index contributed by atoms with van der Waals surface area (Å²) in [7, 11) is 0. The van der Waals surface area contributed by atoms with Gasteiger partial charge in [0.25, 0.3) is 0 Å². The highest BCUT2D eigenvalue weighted by atomic mass is 79.9. The molecule has 3 aromatic rings. The van der Waals surface area contributed by atoms with Gasteiger partial charge in [-0.1, -0.05) is 53.5 Å². The molecule has 3 rings (SSSR count). The van der Waals surface area contributed by atoms with Crippen LogP contribution in [0.1, 0.15) is 0 Å². The minimum absolute atomic E-state index is 0.278. The minimum atomic E-state index is 0.278. The highest BCUT2D eigenvalue weighted by Crippen LogP contribution is 2.36. The second-order valence-corrected chi connectivity index (χ2v) is 6.39. The van der Waals surface area contributed by atoms with E-state index >= 15 is 0 Å². The zero-order valence-electron chi connectivity index (χ0n) is 10.3. The third-order valence-corrected chi connectivity index (χ3v) is 5.01. The number of hydrogen-bond donors (Lipinski definition) is 0. The van der Waals surface area contributed by atoms with E-state index in [9.17, 15) is 0 Å². The van der Waals surface area contributed by atoms with Crippen molar-refractivity contribution >= 4 is 55.1 Å². The molecule has 0 bridgehead atoms. The Kier molecular flexibility index (Phi) is 4.36. The second kappa shape index (κ2) is 6.08.